The van der Waals surface area contributed by atoms with Gasteiger partial charge in [0.25, 0.3) is 5.91 Å². The van der Waals surface area contributed by atoms with E-state index in [0.29, 0.717) is 28.6 Å². The van der Waals surface area contributed by atoms with Crippen molar-refractivity contribution in [2.24, 2.45) is 11.8 Å². The number of pyridine rings is 1. The molecule has 58 heavy (non-hydrogen) atoms. The van der Waals surface area contributed by atoms with Crippen molar-refractivity contribution >= 4 is 64.8 Å². The van der Waals surface area contributed by atoms with Crippen molar-refractivity contribution in [3.05, 3.63) is 76.4 Å². The van der Waals surface area contributed by atoms with Crippen molar-refractivity contribution in [2.75, 3.05) is 93.0 Å². The highest BCUT2D eigenvalue weighted by Gasteiger charge is 2.30. The third-order valence-corrected chi connectivity index (χ3v) is 12.1. The van der Waals surface area contributed by atoms with Gasteiger partial charge in [-0.2, -0.15) is 5.26 Å². The molecule has 15 heteroatoms. The lowest BCUT2D eigenvalue weighted by Gasteiger charge is -2.40. The molecule has 3 saturated heterocycles. The number of aromatic nitrogens is 1. The highest BCUT2D eigenvalue weighted by molar-refractivity contribution is 6.32. The normalized spacial score (nSPS) is 17.2. The van der Waals surface area contributed by atoms with Gasteiger partial charge in [0.2, 0.25) is 11.8 Å². The van der Waals surface area contributed by atoms with Crippen LogP contribution in [-0.4, -0.2) is 124 Å². The van der Waals surface area contributed by atoms with Crippen LogP contribution in [-0.2, 0) is 14.4 Å². The number of benzene rings is 2. The second-order valence-electron chi connectivity index (χ2n) is 15.3. The Labute approximate surface area is 345 Å². The number of hydrogen-bond acceptors (Lipinski definition) is 11. The van der Waals surface area contributed by atoms with E-state index in [9.17, 15) is 24.0 Å². The zero-order valence-electron chi connectivity index (χ0n) is 33.2. The van der Waals surface area contributed by atoms with Crippen LogP contribution in [0.5, 0.6) is 0 Å². The molecule has 3 aromatic rings. The Bertz CT molecular complexity index is 1980. The number of nitrogens with one attached hydrogen (secondary N) is 2. The van der Waals surface area contributed by atoms with Crippen LogP contribution in [0.1, 0.15) is 64.8 Å². The first-order chi connectivity index (χ1) is 28.1. The molecule has 3 aliphatic rings. The minimum Gasteiger partial charge on any atom is -0.371 e. The minimum absolute atomic E-state index is 0.0135. The van der Waals surface area contributed by atoms with Crippen LogP contribution >= 0.6 is 11.6 Å². The summed E-state index contributed by atoms with van der Waals surface area (Å²) in [7, 11) is 3.00. The van der Waals surface area contributed by atoms with Crippen molar-refractivity contribution in [1.82, 2.24) is 20.1 Å². The Morgan fingerprint density at radius 1 is 0.897 bits per heavy atom. The molecular formula is C43H52ClN9O5. The highest BCUT2D eigenvalue weighted by atomic mass is 35.5. The zero-order chi connectivity index (χ0) is 41.2. The van der Waals surface area contributed by atoms with Gasteiger partial charge >= 0.3 is 0 Å². The van der Waals surface area contributed by atoms with E-state index < -0.39 is 11.9 Å². The molecule has 0 saturated carbocycles. The second-order valence-corrected chi connectivity index (χ2v) is 15.7. The molecule has 14 nitrogen and oxygen atoms in total. The van der Waals surface area contributed by atoms with Gasteiger partial charge in [-0.3, -0.25) is 24.1 Å². The van der Waals surface area contributed by atoms with Gasteiger partial charge in [0.05, 0.1) is 28.0 Å². The first-order valence-electron chi connectivity index (χ1n) is 20.1. The van der Waals surface area contributed by atoms with Crippen LogP contribution in [0, 0.1) is 23.2 Å². The maximum Gasteiger partial charge on any atom is 0.255 e. The summed E-state index contributed by atoms with van der Waals surface area (Å²) in [6.07, 6.45) is 7.18. The quantitative estimate of drug-likeness (QED) is 0.221. The van der Waals surface area contributed by atoms with Gasteiger partial charge in [-0.1, -0.05) is 11.6 Å². The minimum atomic E-state index is -0.822. The lowest BCUT2D eigenvalue weighted by atomic mass is 9.95. The van der Waals surface area contributed by atoms with Crippen LogP contribution < -0.4 is 25.3 Å². The molecular weight excluding hydrogens is 758 g/mol. The first-order valence-corrected chi connectivity index (χ1v) is 20.5. The van der Waals surface area contributed by atoms with Gasteiger partial charge < -0.3 is 35.0 Å². The van der Waals surface area contributed by atoms with Gasteiger partial charge in [0, 0.05) is 102 Å². The number of aldehydes is 2. The van der Waals surface area contributed by atoms with Crippen molar-refractivity contribution in [3.8, 4) is 6.07 Å². The Hall–Kier alpha value is -5.52. The maximum absolute atomic E-state index is 13.4. The lowest BCUT2D eigenvalue weighted by Crippen LogP contribution is -2.49. The van der Waals surface area contributed by atoms with Crippen molar-refractivity contribution < 1.29 is 24.0 Å². The van der Waals surface area contributed by atoms with E-state index in [1.807, 2.05) is 36.5 Å². The van der Waals surface area contributed by atoms with E-state index >= 15 is 0 Å². The van der Waals surface area contributed by atoms with Gasteiger partial charge in [0.15, 0.2) is 6.29 Å². The summed E-state index contributed by atoms with van der Waals surface area (Å²) in [6.45, 7) is 7.77. The van der Waals surface area contributed by atoms with E-state index in [1.54, 1.807) is 18.2 Å². The standard InChI is InChI=1S/C43H52ClN9O5/c1-46-42(57)39(4-3-23-54)49(2)43(58)37-9-7-34(24-33(37)29-55)53-21-19-50(20-22-53)28-30-11-15-52(16-12-30)36-8-10-40(47-27-36)48-41(56)31-13-17-51(18-14-31)35-6-5-32(26-45)38(44)25-35/h5-10,23-25,27,29-31,39H,3-4,11-22,28H2,1-2H3,(H,46,57)(H,47,48,56). The van der Waals surface area contributed by atoms with Crippen LogP contribution in [0.2, 0.25) is 5.02 Å². The molecule has 0 bridgehead atoms. The molecule has 3 aliphatic heterocycles. The number of amides is 3. The number of anilines is 4. The third kappa shape index (κ3) is 10.1. The van der Waals surface area contributed by atoms with Crippen LogP contribution in [0.15, 0.2) is 54.7 Å². The lowest BCUT2D eigenvalue weighted by molar-refractivity contribution is -0.125. The molecule has 3 amide bonds. The number of piperidine rings is 2. The predicted molar refractivity (Wildman–Crippen MR) is 225 cm³/mol. The largest absolute Gasteiger partial charge is 0.371 e. The summed E-state index contributed by atoms with van der Waals surface area (Å²) in [5, 5.41) is 15.2. The van der Waals surface area contributed by atoms with E-state index in [2.05, 4.69) is 41.3 Å². The van der Waals surface area contributed by atoms with Gasteiger partial charge in [-0.25, -0.2) is 4.98 Å². The Morgan fingerprint density at radius 2 is 1.53 bits per heavy atom. The number of piperazine rings is 1. The molecule has 6 rings (SSSR count). The van der Waals surface area contributed by atoms with E-state index in [1.165, 1.54) is 19.0 Å². The fourth-order valence-electron chi connectivity index (χ4n) is 8.26. The van der Waals surface area contributed by atoms with Gasteiger partial charge in [-0.05, 0) is 86.6 Å². The Morgan fingerprint density at radius 3 is 2.16 bits per heavy atom. The zero-order valence-corrected chi connectivity index (χ0v) is 34.0. The number of nitriles is 1. The van der Waals surface area contributed by atoms with Gasteiger partial charge in [0.1, 0.15) is 24.2 Å². The molecule has 3 fully saturated rings. The number of rotatable bonds is 14. The Kier molecular flexibility index (Phi) is 14.3. The highest BCUT2D eigenvalue weighted by Crippen LogP contribution is 2.29. The summed E-state index contributed by atoms with van der Waals surface area (Å²) >= 11 is 6.23. The van der Waals surface area contributed by atoms with Crippen LogP contribution in [0.4, 0.5) is 22.9 Å². The average Bonchev–Trinajstić information content (AvgIpc) is 3.26. The molecule has 0 radical (unpaired) electrons. The van der Waals surface area contributed by atoms with Crippen molar-refractivity contribution in [3.63, 3.8) is 0 Å². The monoisotopic (exact) mass is 809 g/mol. The smallest absolute Gasteiger partial charge is 0.255 e. The van der Waals surface area contributed by atoms with E-state index in [0.717, 1.165) is 108 Å². The third-order valence-electron chi connectivity index (χ3n) is 11.8. The topological polar surface area (TPSA) is 162 Å². The SMILES string of the molecule is CNC(=O)C(CCC=O)N(C)C(=O)c1ccc(N2CCN(CC3CCN(c4ccc(NC(=O)C5CCN(c6ccc(C#N)c(Cl)c6)CC5)nc4)CC3)CC2)cc1C=O. The fraction of sp³-hybridized carbons (Fsp3) is 0.465. The molecule has 1 unspecified atom stereocenters. The van der Waals surface area contributed by atoms with Crippen molar-refractivity contribution in [2.45, 2.75) is 44.6 Å². The summed E-state index contributed by atoms with van der Waals surface area (Å²) in [5.41, 5.74) is 3.84. The van der Waals surface area contributed by atoms with Gasteiger partial charge in [-0.15, -0.1) is 0 Å². The number of halogens is 1. The number of nitrogens with zero attached hydrogens (tertiary/aromatic N) is 7. The maximum atomic E-state index is 13.4. The predicted octanol–water partition coefficient (Wildman–Crippen LogP) is 4.48. The second kappa shape index (κ2) is 19.8. The molecule has 2 N–H and O–H groups in total. The molecule has 4 heterocycles. The summed E-state index contributed by atoms with van der Waals surface area (Å²) in [6, 6.07) is 15.9. The average molecular weight is 810 g/mol. The summed E-state index contributed by atoms with van der Waals surface area (Å²) in [4.78, 5) is 77.2. The Balaban J connectivity index is 0.921. The van der Waals surface area contributed by atoms with E-state index in [-0.39, 0.29) is 41.7 Å². The number of hydrogen-bond donors (Lipinski definition) is 2. The van der Waals surface area contributed by atoms with Crippen LogP contribution in [0.3, 0.4) is 0 Å². The van der Waals surface area contributed by atoms with Crippen molar-refractivity contribution in [1.29, 1.82) is 5.26 Å². The molecule has 1 aromatic heterocycles. The number of carbonyl (C=O) groups excluding carboxylic acids is 5. The number of carbonyl (C=O) groups is 5. The molecule has 1 atom stereocenters. The summed E-state index contributed by atoms with van der Waals surface area (Å²) < 4.78 is 0. The molecule has 2 aromatic carbocycles. The van der Waals surface area contributed by atoms with Crippen LogP contribution in [0.25, 0.3) is 0 Å². The fourth-order valence-corrected chi connectivity index (χ4v) is 8.47. The molecule has 0 spiro atoms. The molecule has 0 aliphatic carbocycles. The number of likely N-dealkylation sites (N-methyl/N-ethyl adjacent to an activating group) is 2. The van der Waals surface area contributed by atoms with E-state index in [4.69, 9.17) is 16.9 Å². The summed E-state index contributed by atoms with van der Waals surface area (Å²) in [5.74, 6) is 0.220. The first kappa shape index (κ1) is 42.1. The molecule has 306 valence electrons.